The molecular formula is C22H27N3O5S. The van der Waals surface area contributed by atoms with E-state index in [4.69, 9.17) is 4.74 Å². The highest BCUT2D eigenvalue weighted by atomic mass is 32.2. The summed E-state index contributed by atoms with van der Waals surface area (Å²) in [6, 6.07) is 7.00. The molecule has 8 nitrogen and oxygen atoms in total. The summed E-state index contributed by atoms with van der Waals surface area (Å²) >= 11 is 0. The number of sulfonamides is 1. The standard InChI is InChI=1S/C22H27N3O5S/c1-4-10-23-21(26)16(3)30-22(27)17-8-11-25(12-9-17)31(28,29)19-7-5-6-18-13-15(2)14-24-20(18)19/h4-7,13-14,16-17H,1,8-12H2,2-3H3,(H,23,26). The van der Waals surface area contributed by atoms with E-state index in [0.29, 0.717) is 24.9 Å². The van der Waals surface area contributed by atoms with Crippen molar-refractivity contribution in [1.29, 1.82) is 0 Å². The van der Waals surface area contributed by atoms with Crippen molar-refractivity contribution in [2.24, 2.45) is 5.92 Å². The Morgan fingerprint density at radius 1 is 1.35 bits per heavy atom. The van der Waals surface area contributed by atoms with Crippen molar-refractivity contribution in [3.8, 4) is 0 Å². The fourth-order valence-corrected chi connectivity index (χ4v) is 5.20. The lowest BCUT2D eigenvalue weighted by Crippen LogP contribution is -2.42. The average Bonchev–Trinajstić information content (AvgIpc) is 2.76. The van der Waals surface area contributed by atoms with E-state index >= 15 is 0 Å². The lowest BCUT2D eigenvalue weighted by atomic mass is 9.98. The van der Waals surface area contributed by atoms with Crippen LogP contribution < -0.4 is 5.32 Å². The molecule has 3 rings (SSSR count). The van der Waals surface area contributed by atoms with Crippen LogP contribution in [0.15, 0.2) is 48.0 Å². The van der Waals surface area contributed by atoms with Crippen molar-refractivity contribution in [3.63, 3.8) is 0 Å². The monoisotopic (exact) mass is 445 g/mol. The number of nitrogens with one attached hydrogen (secondary N) is 1. The van der Waals surface area contributed by atoms with Crippen LogP contribution in [0.25, 0.3) is 10.9 Å². The second-order valence-electron chi connectivity index (χ2n) is 7.63. The second kappa shape index (κ2) is 9.57. The molecule has 1 saturated heterocycles. The summed E-state index contributed by atoms with van der Waals surface area (Å²) < 4.78 is 33.1. The molecule has 2 aromatic rings. The van der Waals surface area contributed by atoms with Gasteiger partial charge < -0.3 is 10.1 Å². The Bertz CT molecular complexity index is 1090. The van der Waals surface area contributed by atoms with Crippen molar-refractivity contribution >= 4 is 32.8 Å². The molecule has 2 heterocycles. The topological polar surface area (TPSA) is 106 Å². The number of hydrogen-bond acceptors (Lipinski definition) is 6. The summed E-state index contributed by atoms with van der Waals surface area (Å²) in [5, 5.41) is 3.34. The lowest BCUT2D eigenvalue weighted by molar-refractivity contribution is -0.159. The van der Waals surface area contributed by atoms with Crippen LogP contribution in [0.2, 0.25) is 0 Å². The van der Waals surface area contributed by atoms with Crippen molar-refractivity contribution in [3.05, 3.63) is 48.7 Å². The molecule has 0 saturated carbocycles. The van der Waals surface area contributed by atoms with E-state index in [2.05, 4.69) is 16.9 Å². The molecule has 1 aromatic heterocycles. The molecule has 31 heavy (non-hydrogen) atoms. The molecule has 1 aromatic carbocycles. The number of piperidine rings is 1. The van der Waals surface area contributed by atoms with E-state index in [-0.39, 0.29) is 18.0 Å². The molecule has 9 heteroatoms. The number of esters is 1. The molecule has 1 aliphatic rings. The van der Waals surface area contributed by atoms with Gasteiger partial charge in [0.25, 0.3) is 5.91 Å². The first-order valence-electron chi connectivity index (χ1n) is 10.2. The molecule has 1 N–H and O–H groups in total. The van der Waals surface area contributed by atoms with E-state index < -0.39 is 33.9 Å². The quantitative estimate of drug-likeness (QED) is 0.517. The number of benzene rings is 1. The number of fused-ring (bicyclic) bond motifs is 1. The van der Waals surface area contributed by atoms with Gasteiger partial charge in [-0.15, -0.1) is 6.58 Å². The van der Waals surface area contributed by atoms with Crippen LogP contribution in [0.5, 0.6) is 0 Å². The first-order chi connectivity index (χ1) is 14.7. The number of hydrogen-bond donors (Lipinski definition) is 1. The summed E-state index contributed by atoms with van der Waals surface area (Å²) in [5.41, 5.74) is 1.39. The van der Waals surface area contributed by atoms with Crippen LogP contribution in [-0.2, 0) is 24.3 Å². The lowest BCUT2D eigenvalue weighted by Gasteiger charge is -2.30. The zero-order valence-electron chi connectivity index (χ0n) is 17.7. The number of carbonyl (C=O) groups excluding carboxylic acids is 2. The molecule has 0 bridgehead atoms. The molecule has 1 amide bonds. The summed E-state index contributed by atoms with van der Waals surface area (Å²) in [6.45, 7) is 7.61. The van der Waals surface area contributed by atoms with Gasteiger partial charge in [0.15, 0.2) is 6.10 Å². The maximum Gasteiger partial charge on any atom is 0.309 e. The molecule has 1 atom stereocenters. The van der Waals surface area contributed by atoms with E-state index in [1.54, 1.807) is 18.3 Å². The molecule has 0 aliphatic carbocycles. The first-order valence-corrected chi connectivity index (χ1v) is 11.6. The number of aryl methyl sites for hydroxylation is 1. The van der Waals surface area contributed by atoms with E-state index in [9.17, 15) is 18.0 Å². The van der Waals surface area contributed by atoms with Crippen molar-refractivity contribution in [2.75, 3.05) is 19.6 Å². The maximum atomic E-state index is 13.2. The van der Waals surface area contributed by atoms with Crippen LogP contribution in [-0.4, -0.2) is 55.3 Å². The molecule has 0 spiro atoms. The number of carbonyl (C=O) groups is 2. The Balaban J connectivity index is 1.66. The average molecular weight is 446 g/mol. The summed E-state index contributed by atoms with van der Waals surface area (Å²) in [7, 11) is -3.75. The summed E-state index contributed by atoms with van der Waals surface area (Å²) in [5.74, 6) is -1.33. The number of nitrogens with zero attached hydrogens (tertiary/aromatic N) is 2. The van der Waals surface area contributed by atoms with Crippen molar-refractivity contribution < 1.29 is 22.7 Å². The number of para-hydroxylation sites is 1. The largest absolute Gasteiger partial charge is 0.452 e. The zero-order chi connectivity index (χ0) is 22.6. The van der Waals surface area contributed by atoms with Crippen LogP contribution in [0.1, 0.15) is 25.3 Å². The highest BCUT2D eigenvalue weighted by molar-refractivity contribution is 7.89. The van der Waals surface area contributed by atoms with Gasteiger partial charge in [0.2, 0.25) is 10.0 Å². The first kappa shape index (κ1) is 22.9. The highest BCUT2D eigenvalue weighted by Crippen LogP contribution is 2.28. The minimum absolute atomic E-state index is 0.165. The predicted molar refractivity (Wildman–Crippen MR) is 117 cm³/mol. The fraction of sp³-hybridized carbons (Fsp3) is 0.409. The number of rotatable bonds is 7. The second-order valence-corrected chi connectivity index (χ2v) is 9.54. The summed E-state index contributed by atoms with van der Waals surface area (Å²) in [4.78, 5) is 28.8. The molecule has 1 fully saturated rings. The molecule has 166 valence electrons. The predicted octanol–water partition coefficient (Wildman–Crippen LogP) is 2.18. The van der Waals surface area contributed by atoms with Gasteiger partial charge in [0.1, 0.15) is 4.90 Å². The number of ether oxygens (including phenoxy) is 1. The Hall–Kier alpha value is -2.78. The number of amides is 1. The van der Waals surface area contributed by atoms with Crippen molar-refractivity contribution in [1.82, 2.24) is 14.6 Å². The Morgan fingerprint density at radius 3 is 2.74 bits per heavy atom. The van der Waals surface area contributed by atoms with Gasteiger partial charge in [0.05, 0.1) is 11.4 Å². The Kier molecular flexibility index (Phi) is 7.07. The molecular weight excluding hydrogens is 418 g/mol. The fourth-order valence-electron chi connectivity index (χ4n) is 3.56. The van der Waals surface area contributed by atoms with Crippen LogP contribution in [0.3, 0.4) is 0 Å². The minimum Gasteiger partial charge on any atom is -0.452 e. The Labute approximate surface area is 182 Å². The minimum atomic E-state index is -3.75. The van der Waals surface area contributed by atoms with Gasteiger partial charge in [-0.05, 0) is 44.4 Å². The number of pyridine rings is 1. The van der Waals surface area contributed by atoms with Gasteiger partial charge in [-0.1, -0.05) is 18.2 Å². The van der Waals surface area contributed by atoms with E-state index in [0.717, 1.165) is 10.9 Å². The maximum absolute atomic E-state index is 13.2. The van der Waals surface area contributed by atoms with Gasteiger partial charge in [-0.2, -0.15) is 4.31 Å². The van der Waals surface area contributed by atoms with Crippen molar-refractivity contribution in [2.45, 2.75) is 37.7 Å². The smallest absolute Gasteiger partial charge is 0.309 e. The van der Waals surface area contributed by atoms with Gasteiger partial charge >= 0.3 is 5.97 Å². The third-order valence-corrected chi connectivity index (χ3v) is 7.23. The van der Waals surface area contributed by atoms with Gasteiger partial charge in [-0.3, -0.25) is 14.6 Å². The van der Waals surface area contributed by atoms with E-state index in [1.165, 1.54) is 17.3 Å². The van der Waals surface area contributed by atoms with Crippen LogP contribution in [0, 0.1) is 12.8 Å². The van der Waals surface area contributed by atoms with Crippen LogP contribution >= 0.6 is 0 Å². The van der Waals surface area contributed by atoms with Crippen LogP contribution in [0.4, 0.5) is 0 Å². The number of aromatic nitrogens is 1. The van der Waals surface area contributed by atoms with Gasteiger partial charge in [-0.25, -0.2) is 8.42 Å². The highest BCUT2D eigenvalue weighted by Gasteiger charge is 2.34. The third-order valence-electron chi connectivity index (χ3n) is 5.30. The normalized spacial score (nSPS) is 16.6. The Morgan fingerprint density at radius 2 is 2.06 bits per heavy atom. The molecule has 0 radical (unpaired) electrons. The molecule has 1 aliphatic heterocycles. The third kappa shape index (κ3) is 5.11. The molecule has 1 unspecified atom stereocenters. The summed E-state index contributed by atoms with van der Waals surface area (Å²) in [6.07, 6.45) is 2.93. The SMILES string of the molecule is C=CCNC(=O)C(C)OC(=O)C1CCN(S(=O)(=O)c2cccc3cc(C)cnc23)CC1. The van der Waals surface area contributed by atoms with Gasteiger partial charge in [0, 0.05) is 31.2 Å². The zero-order valence-corrected chi connectivity index (χ0v) is 18.5. The van der Waals surface area contributed by atoms with E-state index in [1.807, 2.05) is 19.1 Å².